The van der Waals surface area contributed by atoms with Gasteiger partial charge in [0.2, 0.25) is 0 Å². The van der Waals surface area contributed by atoms with Gasteiger partial charge in [0.05, 0.1) is 0 Å². The van der Waals surface area contributed by atoms with Gasteiger partial charge in [0, 0.05) is 11.4 Å². The summed E-state index contributed by atoms with van der Waals surface area (Å²) in [5.41, 5.74) is 7.36. The lowest BCUT2D eigenvalue weighted by molar-refractivity contribution is 1.12. The minimum Gasteiger partial charge on any atom is -0.258 e. The van der Waals surface area contributed by atoms with E-state index in [9.17, 15) is 0 Å². The number of rotatable bonds is 1. The van der Waals surface area contributed by atoms with Crippen LogP contribution in [0.4, 0.5) is 0 Å². The van der Waals surface area contributed by atoms with E-state index in [1.807, 2.05) is 13.8 Å². The first-order valence-electron chi connectivity index (χ1n) is 5.59. The van der Waals surface area contributed by atoms with E-state index in [1.54, 1.807) is 0 Å². The summed E-state index contributed by atoms with van der Waals surface area (Å²) in [6.45, 7) is 8.37. The highest BCUT2D eigenvalue weighted by Gasteiger charge is 2.04. The van der Waals surface area contributed by atoms with Gasteiger partial charge in [0.15, 0.2) is 0 Å². The Kier molecular flexibility index (Phi) is 2.78. The van der Waals surface area contributed by atoms with Gasteiger partial charge in [-0.05, 0) is 56.5 Å². The number of nitrogens with zero attached hydrogens (tertiary/aromatic N) is 1. The van der Waals surface area contributed by atoms with E-state index in [1.165, 1.54) is 22.3 Å². The summed E-state index contributed by atoms with van der Waals surface area (Å²) in [6.07, 6.45) is 0. The number of aryl methyl sites for hydroxylation is 4. The average molecular weight is 211 g/mol. The van der Waals surface area contributed by atoms with E-state index in [0.717, 1.165) is 11.4 Å². The van der Waals surface area contributed by atoms with Crippen molar-refractivity contribution in [2.75, 3.05) is 0 Å². The SMILES string of the molecule is Cc1ccc(C)c(-c2cc(C)nc(C)c2)c1. The van der Waals surface area contributed by atoms with Crippen LogP contribution >= 0.6 is 0 Å². The largest absolute Gasteiger partial charge is 0.258 e. The second kappa shape index (κ2) is 4.09. The molecule has 0 spiro atoms. The van der Waals surface area contributed by atoms with Gasteiger partial charge in [-0.1, -0.05) is 23.8 Å². The molecule has 1 heteroatoms. The van der Waals surface area contributed by atoms with E-state index in [0.29, 0.717) is 0 Å². The lowest BCUT2D eigenvalue weighted by Crippen LogP contribution is -1.90. The second-order valence-corrected chi connectivity index (χ2v) is 4.46. The molecule has 0 amide bonds. The van der Waals surface area contributed by atoms with Crippen molar-refractivity contribution >= 4 is 0 Å². The van der Waals surface area contributed by atoms with Crippen molar-refractivity contribution < 1.29 is 0 Å². The predicted molar refractivity (Wildman–Crippen MR) is 68.6 cm³/mol. The molecule has 0 radical (unpaired) electrons. The molecule has 16 heavy (non-hydrogen) atoms. The Hall–Kier alpha value is -1.63. The molecule has 82 valence electrons. The number of benzene rings is 1. The van der Waals surface area contributed by atoms with E-state index in [4.69, 9.17) is 0 Å². The third-order valence-electron chi connectivity index (χ3n) is 2.79. The maximum absolute atomic E-state index is 4.41. The van der Waals surface area contributed by atoms with Crippen molar-refractivity contribution in [3.05, 3.63) is 52.8 Å². The van der Waals surface area contributed by atoms with Crippen LogP contribution < -0.4 is 0 Å². The first kappa shape index (κ1) is 10.9. The van der Waals surface area contributed by atoms with Crippen molar-refractivity contribution in [1.82, 2.24) is 4.98 Å². The standard InChI is InChI=1S/C15H17N/c1-10-5-6-11(2)15(7-10)14-8-12(3)16-13(4)9-14/h5-9H,1-4H3. The third-order valence-corrected chi connectivity index (χ3v) is 2.79. The van der Waals surface area contributed by atoms with E-state index in [2.05, 4.69) is 49.2 Å². The smallest absolute Gasteiger partial charge is 0.0382 e. The highest BCUT2D eigenvalue weighted by molar-refractivity contribution is 5.68. The summed E-state index contributed by atoms with van der Waals surface area (Å²) >= 11 is 0. The molecule has 0 aliphatic heterocycles. The van der Waals surface area contributed by atoms with Gasteiger partial charge in [-0.3, -0.25) is 4.98 Å². The third kappa shape index (κ3) is 2.13. The summed E-state index contributed by atoms with van der Waals surface area (Å²) in [5, 5.41) is 0. The van der Waals surface area contributed by atoms with Crippen molar-refractivity contribution in [2.24, 2.45) is 0 Å². The van der Waals surface area contributed by atoms with Crippen LogP contribution in [-0.2, 0) is 0 Å². The van der Waals surface area contributed by atoms with Gasteiger partial charge in [-0.15, -0.1) is 0 Å². The molecule has 1 heterocycles. The van der Waals surface area contributed by atoms with Crippen molar-refractivity contribution in [2.45, 2.75) is 27.7 Å². The molecule has 1 aromatic carbocycles. The Balaban J connectivity index is 2.62. The van der Waals surface area contributed by atoms with Crippen molar-refractivity contribution in [1.29, 1.82) is 0 Å². The molecule has 1 nitrogen and oxygen atoms in total. The van der Waals surface area contributed by atoms with Crippen LogP contribution in [0.15, 0.2) is 30.3 Å². The molecular weight excluding hydrogens is 194 g/mol. The molecule has 0 aliphatic rings. The van der Waals surface area contributed by atoms with Crippen LogP contribution in [0.5, 0.6) is 0 Å². The Bertz CT molecular complexity index is 507. The Morgan fingerprint density at radius 2 is 1.44 bits per heavy atom. The zero-order valence-corrected chi connectivity index (χ0v) is 10.3. The quantitative estimate of drug-likeness (QED) is 0.695. The lowest BCUT2D eigenvalue weighted by atomic mass is 9.98. The van der Waals surface area contributed by atoms with Gasteiger partial charge in [-0.25, -0.2) is 0 Å². The van der Waals surface area contributed by atoms with Crippen LogP contribution in [-0.4, -0.2) is 4.98 Å². The van der Waals surface area contributed by atoms with E-state index >= 15 is 0 Å². The molecule has 0 N–H and O–H groups in total. The molecule has 0 saturated carbocycles. The van der Waals surface area contributed by atoms with Gasteiger partial charge >= 0.3 is 0 Å². The lowest BCUT2D eigenvalue weighted by Gasteiger charge is -2.09. The number of hydrogen-bond acceptors (Lipinski definition) is 1. The predicted octanol–water partition coefficient (Wildman–Crippen LogP) is 3.98. The minimum atomic E-state index is 1.08. The molecule has 1 aromatic heterocycles. The summed E-state index contributed by atoms with van der Waals surface area (Å²) in [5.74, 6) is 0. The van der Waals surface area contributed by atoms with Crippen LogP contribution in [0.25, 0.3) is 11.1 Å². The average Bonchev–Trinajstić information content (AvgIpc) is 2.20. The summed E-state index contributed by atoms with van der Waals surface area (Å²) < 4.78 is 0. The summed E-state index contributed by atoms with van der Waals surface area (Å²) in [7, 11) is 0. The summed E-state index contributed by atoms with van der Waals surface area (Å²) in [6, 6.07) is 10.9. The maximum atomic E-state index is 4.41. The number of hydrogen-bond donors (Lipinski definition) is 0. The molecule has 0 saturated heterocycles. The van der Waals surface area contributed by atoms with E-state index < -0.39 is 0 Å². The summed E-state index contributed by atoms with van der Waals surface area (Å²) in [4.78, 5) is 4.41. The van der Waals surface area contributed by atoms with Gasteiger partial charge in [0.25, 0.3) is 0 Å². The molecule has 0 bridgehead atoms. The van der Waals surface area contributed by atoms with E-state index in [-0.39, 0.29) is 0 Å². The normalized spacial score (nSPS) is 10.5. The maximum Gasteiger partial charge on any atom is 0.0382 e. The first-order valence-corrected chi connectivity index (χ1v) is 5.59. The second-order valence-electron chi connectivity index (χ2n) is 4.46. The Labute approximate surface area is 97.2 Å². The molecule has 0 fully saturated rings. The fourth-order valence-electron chi connectivity index (χ4n) is 2.04. The molecule has 0 atom stereocenters. The molecule has 0 aliphatic carbocycles. The molecule has 2 rings (SSSR count). The highest BCUT2D eigenvalue weighted by Crippen LogP contribution is 2.25. The van der Waals surface area contributed by atoms with Gasteiger partial charge in [-0.2, -0.15) is 0 Å². The zero-order chi connectivity index (χ0) is 11.7. The highest BCUT2D eigenvalue weighted by atomic mass is 14.7. The monoisotopic (exact) mass is 211 g/mol. The topological polar surface area (TPSA) is 12.9 Å². The number of pyridine rings is 1. The van der Waals surface area contributed by atoms with Crippen LogP contribution in [0, 0.1) is 27.7 Å². The van der Waals surface area contributed by atoms with Crippen molar-refractivity contribution in [3.8, 4) is 11.1 Å². The van der Waals surface area contributed by atoms with Gasteiger partial charge < -0.3 is 0 Å². The molecule has 0 unspecified atom stereocenters. The molecular formula is C15H17N. The minimum absolute atomic E-state index is 1.08. The number of aromatic nitrogens is 1. The fraction of sp³-hybridized carbons (Fsp3) is 0.267. The Morgan fingerprint density at radius 1 is 0.812 bits per heavy atom. The van der Waals surface area contributed by atoms with Crippen molar-refractivity contribution in [3.63, 3.8) is 0 Å². The van der Waals surface area contributed by atoms with Gasteiger partial charge in [0.1, 0.15) is 0 Å². The van der Waals surface area contributed by atoms with Crippen LogP contribution in [0.3, 0.4) is 0 Å². The Morgan fingerprint density at radius 3 is 2.06 bits per heavy atom. The first-order chi connectivity index (χ1) is 7.56. The van der Waals surface area contributed by atoms with Crippen LogP contribution in [0.2, 0.25) is 0 Å². The zero-order valence-electron chi connectivity index (χ0n) is 10.3. The molecule has 2 aromatic rings. The fourth-order valence-corrected chi connectivity index (χ4v) is 2.04. The van der Waals surface area contributed by atoms with Crippen LogP contribution in [0.1, 0.15) is 22.5 Å².